The standard InChI is InChI=1S/C12H21NS/c14-11-4-3-9-13-10-5-8-12(13)6-1-2-7-12/h3-4,14H,1-2,5-11H2/b4-3+. The highest BCUT2D eigenvalue weighted by Gasteiger charge is 2.41. The van der Waals surface area contributed by atoms with Crippen molar-refractivity contribution < 1.29 is 0 Å². The Morgan fingerprint density at radius 1 is 1.07 bits per heavy atom. The Hall–Kier alpha value is 0.0500. The maximum absolute atomic E-state index is 4.19. The van der Waals surface area contributed by atoms with E-state index in [0.29, 0.717) is 5.54 Å². The first kappa shape index (κ1) is 10.6. The van der Waals surface area contributed by atoms with Gasteiger partial charge in [0, 0.05) is 17.8 Å². The van der Waals surface area contributed by atoms with Crippen LogP contribution in [0, 0.1) is 0 Å². The lowest BCUT2D eigenvalue weighted by molar-refractivity contribution is 0.160. The van der Waals surface area contributed by atoms with Crippen molar-refractivity contribution in [3.63, 3.8) is 0 Å². The Balaban J connectivity index is 1.93. The summed E-state index contributed by atoms with van der Waals surface area (Å²) < 4.78 is 0. The highest BCUT2D eigenvalue weighted by atomic mass is 32.1. The van der Waals surface area contributed by atoms with Gasteiger partial charge in [-0.2, -0.15) is 12.6 Å². The average molecular weight is 211 g/mol. The van der Waals surface area contributed by atoms with Gasteiger partial charge in [-0.05, 0) is 32.2 Å². The molecule has 1 spiro atoms. The summed E-state index contributed by atoms with van der Waals surface area (Å²) in [6.07, 6.45) is 13.1. The Kier molecular flexibility index (Phi) is 3.56. The van der Waals surface area contributed by atoms with Crippen molar-refractivity contribution >= 4 is 12.6 Å². The first-order chi connectivity index (χ1) is 6.87. The maximum Gasteiger partial charge on any atom is 0.0213 e. The van der Waals surface area contributed by atoms with Crippen LogP contribution in [0.25, 0.3) is 0 Å². The Morgan fingerprint density at radius 3 is 2.50 bits per heavy atom. The second-order valence-electron chi connectivity index (χ2n) is 4.63. The molecule has 0 amide bonds. The predicted molar refractivity (Wildman–Crippen MR) is 65.0 cm³/mol. The Labute approximate surface area is 93.0 Å². The normalized spacial score (nSPS) is 26.9. The van der Waals surface area contributed by atoms with Crippen LogP contribution < -0.4 is 0 Å². The van der Waals surface area contributed by atoms with Gasteiger partial charge in [0.2, 0.25) is 0 Å². The lowest BCUT2D eigenvalue weighted by atomic mass is 9.94. The van der Waals surface area contributed by atoms with E-state index in [4.69, 9.17) is 0 Å². The molecule has 2 rings (SSSR count). The zero-order valence-electron chi connectivity index (χ0n) is 8.91. The molecule has 0 bridgehead atoms. The number of nitrogens with zero attached hydrogens (tertiary/aromatic N) is 1. The number of hydrogen-bond acceptors (Lipinski definition) is 2. The van der Waals surface area contributed by atoms with Crippen LogP contribution in [0.1, 0.15) is 38.5 Å². The summed E-state index contributed by atoms with van der Waals surface area (Å²) in [6.45, 7) is 2.47. The second-order valence-corrected chi connectivity index (χ2v) is 5.00. The third kappa shape index (κ3) is 2.01. The molecule has 0 aromatic rings. The summed E-state index contributed by atoms with van der Waals surface area (Å²) in [6, 6.07) is 0. The minimum absolute atomic E-state index is 0.612. The minimum Gasteiger partial charge on any atom is -0.294 e. The fourth-order valence-electron chi connectivity index (χ4n) is 3.15. The first-order valence-electron chi connectivity index (χ1n) is 5.88. The monoisotopic (exact) mass is 211 g/mol. The van der Waals surface area contributed by atoms with Gasteiger partial charge in [0.25, 0.3) is 0 Å². The van der Waals surface area contributed by atoms with Gasteiger partial charge in [-0.1, -0.05) is 25.0 Å². The number of rotatable bonds is 3. The van der Waals surface area contributed by atoms with E-state index < -0.39 is 0 Å². The maximum atomic E-state index is 4.19. The lowest BCUT2D eigenvalue weighted by Gasteiger charge is -2.34. The summed E-state index contributed by atoms with van der Waals surface area (Å²) >= 11 is 4.19. The summed E-state index contributed by atoms with van der Waals surface area (Å²) in [5.41, 5.74) is 0.612. The van der Waals surface area contributed by atoms with E-state index in [1.54, 1.807) is 0 Å². The molecule has 0 radical (unpaired) electrons. The fourth-order valence-corrected chi connectivity index (χ4v) is 3.30. The Bertz CT molecular complexity index is 201. The molecule has 14 heavy (non-hydrogen) atoms. The van der Waals surface area contributed by atoms with Crippen molar-refractivity contribution in [3.05, 3.63) is 12.2 Å². The van der Waals surface area contributed by atoms with E-state index in [2.05, 4.69) is 29.7 Å². The molecule has 1 saturated carbocycles. The van der Waals surface area contributed by atoms with Gasteiger partial charge in [-0.15, -0.1) is 0 Å². The van der Waals surface area contributed by atoms with Gasteiger partial charge in [-0.25, -0.2) is 0 Å². The molecule has 1 nitrogen and oxygen atoms in total. The van der Waals surface area contributed by atoms with Gasteiger partial charge in [0.15, 0.2) is 0 Å². The van der Waals surface area contributed by atoms with Crippen molar-refractivity contribution in [1.82, 2.24) is 4.90 Å². The van der Waals surface area contributed by atoms with Gasteiger partial charge in [-0.3, -0.25) is 4.90 Å². The second kappa shape index (κ2) is 4.71. The lowest BCUT2D eigenvalue weighted by Crippen LogP contribution is -2.41. The van der Waals surface area contributed by atoms with Crippen LogP contribution in [-0.2, 0) is 0 Å². The summed E-state index contributed by atoms with van der Waals surface area (Å²) in [7, 11) is 0. The van der Waals surface area contributed by atoms with Crippen LogP contribution >= 0.6 is 12.6 Å². The van der Waals surface area contributed by atoms with Crippen molar-refractivity contribution in [1.29, 1.82) is 0 Å². The van der Waals surface area contributed by atoms with Gasteiger partial charge in [0.1, 0.15) is 0 Å². The molecule has 0 N–H and O–H groups in total. The first-order valence-corrected chi connectivity index (χ1v) is 6.52. The molecular weight excluding hydrogens is 190 g/mol. The van der Waals surface area contributed by atoms with E-state index in [9.17, 15) is 0 Å². The molecule has 1 aliphatic carbocycles. The van der Waals surface area contributed by atoms with Crippen molar-refractivity contribution in [2.45, 2.75) is 44.1 Å². The molecule has 0 aromatic carbocycles. The minimum atomic E-state index is 0.612. The van der Waals surface area contributed by atoms with Crippen molar-refractivity contribution in [2.75, 3.05) is 18.8 Å². The molecule has 2 aliphatic rings. The molecule has 0 atom stereocenters. The van der Waals surface area contributed by atoms with Gasteiger partial charge in [0.05, 0.1) is 0 Å². The highest BCUT2D eigenvalue weighted by molar-refractivity contribution is 7.80. The van der Waals surface area contributed by atoms with Crippen LogP contribution in [0.3, 0.4) is 0 Å². The number of hydrogen-bond donors (Lipinski definition) is 1. The van der Waals surface area contributed by atoms with Gasteiger partial charge >= 0.3 is 0 Å². The third-order valence-corrected chi connectivity index (χ3v) is 4.08. The molecule has 80 valence electrons. The van der Waals surface area contributed by atoms with Crippen LogP contribution in [0.2, 0.25) is 0 Å². The summed E-state index contributed by atoms with van der Waals surface area (Å²) in [5.74, 6) is 0.876. The molecule has 2 fully saturated rings. The summed E-state index contributed by atoms with van der Waals surface area (Å²) in [4.78, 5) is 2.71. The van der Waals surface area contributed by atoms with Gasteiger partial charge < -0.3 is 0 Å². The van der Waals surface area contributed by atoms with Crippen molar-refractivity contribution in [2.24, 2.45) is 0 Å². The molecule has 0 unspecified atom stereocenters. The molecular formula is C12H21NS. The third-order valence-electron chi connectivity index (χ3n) is 3.87. The largest absolute Gasteiger partial charge is 0.294 e. The predicted octanol–water partition coefficient (Wildman–Crippen LogP) is 2.88. The van der Waals surface area contributed by atoms with E-state index in [0.717, 1.165) is 12.3 Å². The zero-order valence-corrected chi connectivity index (χ0v) is 9.81. The zero-order chi connectivity index (χ0) is 9.86. The molecule has 0 aromatic heterocycles. The van der Waals surface area contributed by atoms with Crippen LogP contribution in [0.4, 0.5) is 0 Å². The average Bonchev–Trinajstić information content (AvgIpc) is 2.80. The molecule has 1 heterocycles. The van der Waals surface area contributed by atoms with Crippen molar-refractivity contribution in [3.8, 4) is 0 Å². The van der Waals surface area contributed by atoms with Crippen LogP contribution in [-0.4, -0.2) is 29.3 Å². The smallest absolute Gasteiger partial charge is 0.0213 e. The topological polar surface area (TPSA) is 3.24 Å². The van der Waals surface area contributed by atoms with Crippen LogP contribution in [0.5, 0.6) is 0 Å². The Morgan fingerprint density at radius 2 is 1.79 bits per heavy atom. The number of thiol groups is 1. The summed E-state index contributed by atoms with van der Waals surface area (Å²) in [5, 5.41) is 0. The van der Waals surface area contributed by atoms with E-state index in [1.807, 2.05) is 0 Å². The van der Waals surface area contributed by atoms with E-state index in [1.165, 1.54) is 45.1 Å². The highest BCUT2D eigenvalue weighted by Crippen LogP contribution is 2.42. The fraction of sp³-hybridized carbons (Fsp3) is 0.833. The van der Waals surface area contributed by atoms with Crippen LogP contribution in [0.15, 0.2) is 12.2 Å². The van der Waals surface area contributed by atoms with E-state index in [-0.39, 0.29) is 0 Å². The molecule has 2 heteroatoms. The number of likely N-dealkylation sites (tertiary alicyclic amines) is 1. The SMILES string of the molecule is SC/C=C/CN1CCCC12CCCC2. The van der Waals surface area contributed by atoms with E-state index >= 15 is 0 Å². The molecule has 1 saturated heterocycles. The quantitative estimate of drug-likeness (QED) is 0.555. The molecule has 1 aliphatic heterocycles.